The van der Waals surface area contributed by atoms with Gasteiger partial charge in [-0.2, -0.15) is 0 Å². The molecule has 13 heavy (non-hydrogen) atoms. The Morgan fingerprint density at radius 2 is 2.08 bits per heavy atom. The maximum absolute atomic E-state index is 11.1. The molecule has 0 radical (unpaired) electrons. The number of hydrogen-bond donors (Lipinski definition) is 0. The van der Waals surface area contributed by atoms with Gasteiger partial charge in [0.25, 0.3) is 0 Å². The topological polar surface area (TPSA) is 20.3 Å². The van der Waals surface area contributed by atoms with Crippen molar-refractivity contribution < 1.29 is 4.79 Å². The lowest BCUT2D eigenvalue weighted by Crippen LogP contribution is -2.36. The van der Waals surface area contributed by atoms with Gasteiger partial charge in [0.05, 0.1) is 6.54 Å². The minimum Gasteiger partial charge on any atom is -0.298 e. The second-order valence-electron chi connectivity index (χ2n) is 5.14. The lowest BCUT2D eigenvalue weighted by Gasteiger charge is -2.33. The Kier molecular flexibility index (Phi) is 3.12. The van der Waals surface area contributed by atoms with Crippen molar-refractivity contribution in [2.45, 2.75) is 34.1 Å². The molecule has 0 aromatic heterocycles. The lowest BCUT2D eigenvalue weighted by atomic mass is 9.81. The molecule has 0 aliphatic carbocycles. The Bertz CT molecular complexity index is 196. The molecule has 2 nitrogen and oxygen atoms in total. The second-order valence-corrected chi connectivity index (χ2v) is 5.14. The Balaban J connectivity index is 2.44. The van der Waals surface area contributed by atoms with E-state index in [9.17, 15) is 4.79 Å². The third-order valence-corrected chi connectivity index (χ3v) is 3.30. The van der Waals surface area contributed by atoms with Crippen molar-refractivity contribution >= 4 is 5.78 Å². The highest BCUT2D eigenvalue weighted by molar-refractivity contribution is 5.82. The van der Waals surface area contributed by atoms with Crippen LogP contribution in [0.15, 0.2) is 0 Å². The molecule has 0 spiro atoms. The van der Waals surface area contributed by atoms with Crippen LogP contribution >= 0.6 is 0 Å². The zero-order valence-corrected chi connectivity index (χ0v) is 9.26. The van der Waals surface area contributed by atoms with E-state index in [4.69, 9.17) is 0 Å². The number of carbonyl (C=O) groups is 1. The molecule has 76 valence electrons. The molecule has 0 N–H and O–H groups in total. The molecule has 0 aromatic rings. The van der Waals surface area contributed by atoms with E-state index >= 15 is 0 Å². The third-order valence-electron chi connectivity index (χ3n) is 3.30. The highest BCUT2D eigenvalue weighted by Gasteiger charge is 2.28. The van der Waals surface area contributed by atoms with Crippen molar-refractivity contribution in [1.29, 1.82) is 0 Å². The largest absolute Gasteiger partial charge is 0.298 e. The van der Waals surface area contributed by atoms with E-state index in [0.717, 1.165) is 19.5 Å². The molecule has 0 atom stereocenters. The van der Waals surface area contributed by atoms with Gasteiger partial charge >= 0.3 is 0 Å². The summed E-state index contributed by atoms with van der Waals surface area (Å²) in [4.78, 5) is 13.3. The smallest absolute Gasteiger partial charge is 0.148 e. The fourth-order valence-electron chi connectivity index (χ4n) is 1.58. The fraction of sp³-hybridized carbons (Fsp3) is 0.909. The Morgan fingerprint density at radius 1 is 1.46 bits per heavy atom. The molecule has 1 rings (SSSR count). The van der Waals surface area contributed by atoms with E-state index in [1.807, 2.05) is 0 Å². The monoisotopic (exact) mass is 183 g/mol. The molecule has 0 amide bonds. The highest BCUT2D eigenvalue weighted by atomic mass is 16.1. The number of likely N-dealkylation sites (tertiary alicyclic amines) is 1. The van der Waals surface area contributed by atoms with E-state index in [1.54, 1.807) is 0 Å². The summed E-state index contributed by atoms with van der Waals surface area (Å²) in [6.07, 6.45) is 0.758. The average Bonchev–Trinajstić information content (AvgIpc) is 2.34. The molecule has 1 aliphatic rings. The summed E-state index contributed by atoms with van der Waals surface area (Å²) in [6.45, 7) is 11.7. The maximum atomic E-state index is 11.1. The molecular formula is C11H21NO. The van der Waals surface area contributed by atoms with E-state index in [2.05, 4.69) is 32.6 Å². The molecule has 1 aliphatic heterocycles. The van der Waals surface area contributed by atoms with E-state index < -0.39 is 0 Å². The molecular weight excluding hydrogens is 162 g/mol. The summed E-state index contributed by atoms with van der Waals surface area (Å²) in [6, 6.07) is 0. The van der Waals surface area contributed by atoms with Gasteiger partial charge in [0, 0.05) is 19.5 Å². The molecule has 1 saturated heterocycles. The molecule has 0 unspecified atom stereocenters. The van der Waals surface area contributed by atoms with Crippen LogP contribution in [0.25, 0.3) is 0 Å². The zero-order chi connectivity index (χ0) is 10.1. The summed E-state index contributed by atoms with van der Waals surface area (Å²) in [5.41, 5.74) is 0.324. The van der Waals surface area contributed by atoms with Crippen LogP contribution in [-0.2, 0) is 4.79 Å². The van der Waals surface area contributed by atoms with Crippen molar-refractivity contribution in [3.63, 3.8) is 0 Å². The predicted octanol–water partition coefficient (Wildman–Crippen LogP) is 1.94. The molecule has 0 bridgehead atoms. The number of hydrogen-bond acceptors (Lipinski definition) is 2. The molecule has 2 heteroatoms. The van der Waals surface area contributed by atoms with E-state index in [0.29, 0.717) is 23.7 Å². The Hall–Kier alpha value is -0.370. The lowest BCUT2D eigenvalue weighted by molar-refractivity contribution is -0.117. The number of carbonyl (C=O) groups excluding carboxylic acids is 1. The first-order valence-electron chi connectivity index (χ1n) is 5.16. The molecule has 0 saturated carbocycles. The Morgan fingerprint density at radius 3 is 2.46 bits per heavy atom. The van der Waals surface area contributed by atoms with Gasteiger partial charge in [-0.15, -0.1) is 0 Å². The molecule has 1 heterocycles. The van der Waals surface area contributed by atoms with Gasteiger partial charge in [0.15, 0.2) is 0 Å². The average molecular weight is 183 g/mol. The van der Waals surface area contributed by atoms with Crippen LogP contribution in [0, 0.1) is 11.3 Å². The molecule has 0 aromatic carbocycles. The normalized spacial score (nSPS) is 20.2. The van der Waals surface area contributed by atoms with E-state index in [-0.39, 0.29) is 0 Å². The van der Waals surface area contributed by atoms with Gasteiger partial charge in [-0.25, -0.2) is 0 Å². The number of rotatable bonds is 3. The van der Waals surface area contributed by atoms with Crippen LogP contribution in [-0.4, -0.2) is 30.3 Å². The predicted molar refractivity (Wildman–Crippen MR) is 54.7 cm³/mol. The summed E-state index contributed by atoms with van der Waals surface area (Å²) >= 11 is 0. The number of ketones is 1. The van der Waals surface area contributed by atoms with Gasteiger partial charge in [-0.05, 0) is 11.3 Å². The second kappa shape index (κ2) is 3.79. The first-order chi connectivity index (χ1) is 5.92. The summed E-state index contributed by atoms with van der Waals surface area (Å²) in [5.74, 6) is 1.07. The van der Waals surface area contributed by atoms with Crippen LogP contribution in [0.2, 0.25) is 0 Å². The van der Waals surface area contributed by atoms with Crippen molar-refractivity contribution in [2.24, 2.45) is 11.3 Å². The minimum absolute atomic E-state index is 0.324. The Labute approximate surface area is 81.3 Å². The molecule has 1 fully saturated rings. The van der Waals surface area contributed by atoms with Gasteiger partial charge in [-0.1, -0.05) is 27.7 Å². The van der Waals surface area contributed by atoms with Crippen molar-refractivity contribution in [2.75, 3.05) is 19.6 Å². The number of Topliss-reactive ketones (excluding diaryl/α,β-unsaturated/α-hetero) is 1. The van der Waals surface area contributed by atoms with Gasteiger partial charge in [0.1, 0.15) is 5.78 Å². The van der Waals surface area contributed by atoms with Gasteiger partial charge in [0.2, 0.25) is 0 Å². The SMILES string of the molecule is CC(C)C(C)(C)CN1CCC(=O)C1. The third kappa shape index (κ3) is 2.80. The zero-order valence-electron chi connectivity index (χ0n) is 9.26. The van der Waals surface area contributed by atoms with Crippen molar-refractivity contribution in [3.8, 4) is 0 Å². The van der Waals surface area contributed by atoms with Gasteiger partial charge < -0.3 is 0 Å². The fourth-order valence-corrected chi connectivity index (χ4v) is 1.58. The van der Waals surface area contributed by atoms with Crippen LogP contribution in [0.5, 0.6) is 0 Å². The first kappa shape index (κ1) is 10.7. The first-order valence-corrected chi connectivity index (χ1v) is 5.16. The van der Waals surface area contributed by atoms with Gasteiger partial charge in [-0.3, -0.25) is 9.69 Å². The van der Waals surface area contributed by atoms with E-state index in [1.165, 1.54) is 0 Å². The summed E-state index contributed by atoms with van der Waals surface area (Å²) < 4.78 is 0. The van der Waals surface area contributed by atoms with Crippen molar-refractivity contribution in [3.05, 3.63) is 0 Å². The standard InChI is InChI=1S/C11H21NO/c1-9(2)11(3,4)8-12-6-5-10(13)7-12/h9H,5-8H2,1-4H3. The van der Waals surface area contributed by atoms with Crippen LogP contribution < -0.4 is 0 Å². The van der Waals surface area contributed by atoms with Crippen LogP contribution in [0.4, 0.5) is 0 Å². The van der Waals surface area contributed by atoms with Crippen LogP contribution in [0.1, 0.15) is 34.1 Å². The summed E-state index contributed by atoms with van der Waals surface area (Å²) in [7, 11) is 0. The quantitative estimate of drug-likeness (QED) is 0.666. The van der Waals surface area contributed by atoms with Crippen molar-refractivity contribution in [1.82, 2.24) is 4.90 Å². The summed E-state index contributed by atoms with van der Waals surface area (Å²) in [5, 5.41) is 0. The maximum Gasteiger partial charge on any atom is 0.148 e. The number of nitrogens with zero attached hydrogens (tertiary/aromatic N) is 1. The van der Waals surface area contributed by atoms with Crippen LogP contribution in [0.3, 0.4) is 0 Å². The minimum atomic E-state index is 0.324. The highest BCUT2D eigenvalue weighted by Crippen LogP contribution is 2.27.